The number of nitrogens with one attached hydrogen (secondary N) is 1. The highest BCUT2D eigenvalue weighted by atomic mass is 15.1. The highest BCUT2D eigenvalue weighted by molar-refractivity contribution is 4.96. The lowest BCUT2D eigenvalue weighted by atomic mass is 9.89. The van der Waals surface area contributed by atoms with Gasteiger partial charge in [-0.25, -0.2) is 4.98 Å². The van der Waals surface area contributed by atoms with Gasteiger partial charge in [0.2, 0.25) is 0 Å². The summed E-state index contributed by atoms with van der Waals surface area (Å²) >= 11 is 0. The van der Waals surface area contributed by atoms with Crippen LogP contribution in [-0.2, 0) is 13.1 Å². The van der Waals surface area contributed by atoms with Crippen molar-refractivity contribution in [2.75, 3.05) is 13.1 Å². The highest BCUT2D eigenvalue weighted by Gasteiger charge is 2.27. The van der Waals surface area contributed by atoms with E-state index < -0.39 is 0 Å². The van der Waals surface area contributed by atoms with Crippen LogP contribution in [0.3, 0.4) is 0 Å². The molecule has 1 saturated carbocycles. The summed E-state index contributed by atoms with van der Waals surface area (Å²) in [5.41, 5.74) is 7.13. The van der Waals surface area contributed by atoms with Crippen molar-refractivity contribution in [1.82, 2.24) is 14.9 Å². The van der Waals surface area contributed by atoms with Crippen LogP contribution in [0.25, 0.3) is 0 Å². The molecular weight excluding hydrogens is 212 g/mol. The Bertz CT molecular complexity index is 339. The van der Waals surface area contributed by atoms with Gasteiger partial charge in [-0.2, -0.15) is 0 Å². The molecule has 0 amide bonds. The summed E-state index contributed by atoms with van der Waals surface area (Å²) in [6.45, 7) is 5.88. The zero-order chi connectivity index (χ0) is 12.1. The maximum atomic E-state index is 5.51. The molecule has 0 radical (unpaired) electrons. The van der Waals surface area contributed by atoms with Crippen LogP contribution in [-0.4, -0.2) is 22.6 Å². The van der Waals surface area contributed by atoms with E-state index in [4.69, 9.17) is 5.73 Å². The van der Waals surface area contributed by atoms with Crippen LogP contribution in [0.5, 0.6) is 0 Å². The Hall–Kier alpha value is -0.870. The van der Waals surface area contributed by atoms with Crippen molar-refractivity contribution in [2.45, 2.75) is 45.7 Å². The first-order chi connectivity index (χ1) is 8.22. The van der Waals surface area contributed by atoms with Crippen molar-refractivity contribution in [3.05, 3.63) is 18.2 Å². The second kappa shape index (κ2) is 5.65. The van der Waals surface area contributed by atoms with Crippen molar-refractivity contribution in [2.24, 2.45) is 11.1 Å². The summed E-state index contributed by atoms with van der Waals surface area (Å²) in [5, 5.41) is 3.53. The van der Waals surface area contributed by atoms with E-state index >= 15 is 0 Å². The third-order valence-corrected chi connectivity index (χ3v) is 3.74. The summed E-state index contributed by atoms with van der Waals surface area (Å²) in [6, 6.07) is 0. The first-order valence-electron chi connectivity index (χ1n) is 6.63. The van der Waals surface area contributed by atoms with Gasteiger partial charge in [0.15, 0.2) is 0 Å². The van der Waals surface area contributed by atoms with E-state index in [0.29, 0.717) is 12.0 Å². The van der Waals surface area contributed by atoms with E-state index in [1.54, 1.807) is 0 Å². The van der Waals surface area contributed by atoms with E-state index in [0.717, 1.165) is 25.3 Å². The van der Waals surface area contributed by atoms with Crippen molar-refractivity contribution >= 4 is 0 Å². The fraction of sp³-hybridized carbons (Fsp3) is 0.769. The number of hydrogen-bond acceptors (Lipinski definition) is 3. The number of aromatic nitrogens is 2. The van der Waals surface area contributed by atoms with Gasteiger partial charge < -0.3 is 15.6 Å². The van der Waals surface area contributed by atoms with Gasteiger partial charge in [0.1, 0.15) is 0 Å². The second-order valence-electron chi connectivity index (χ2n) is 5.51. The second-order valence-corrected chi connectivity index (χ2v) is 5.51. The molecule has 1 heterocycles. The molecule has 1 fully saturated rings. The molecule has 0 aliphatic heterocycles. The molecule has 0 spiro atoms. The largest absolute Gasteiger partial charge is 0.336 e. The Balaban J connectivity index is 1.73. The zero-order valence-electron chi connectivity index (χ0n) is 10.8. The molecule has 96 valence electrons. The van der Waals surface area contributed by atoms with Gasteiger partial charge in [-0.3, -0.25) is 0 Å². The number of rotatable bonds is 6. The number of nitrogens with zero attached hydrogens (tertiary/aromatic N) is 2. The van der Waals surface area contributed by atoms with Gasteiger partial charge in [-0.1, -0.05) is 19.8 Å². The standard InChI is InChI=1S/C13H24N4/c1-13(4-2-3-5-13)10-15-8-12-9-17(7-6-14)11-16-12/h9,11,15H,2-8,10,14H2,1H3. The molecule has 4 heteroatoms. The summed E-state index contributed by atoms with van der Waals surface area (Å²) < 4.78 is 2.05. The third-order valence-electron chi connectivity index (χ3n) is 3.74. The minimum atomic E-state index is 0.514. The Morgan fingerprint density at radius 3 is 2.94 bits per heavy atom. The molecular formula is C13H24N4. The van der Waals surface area contributed by atoms with Crippen molar-refractivity contribution in [3.8, 4) is 0 Å². The molecule has 0 atom stereocenters. The van der Waals surface area contributed by atoms with Gasteiger partial charge in [0.05, 0.1) is 12.0 Å². The molecule has 4 nitrogen and oxygen atoms in total. The molecule has 1 aromatic rings. The van der Waals surface area contributed by atoms with Crippen LogP contribution >= 0.6 is 0 Å². The van der Waals surface area contributed by atoms with E-state index in [2.05, 4.69) is 23.4 Å². The predicted molar refractivity (Wildman–Crippen MR) is 69.6 cm³/mol. The Morgan fingerprint density at radius 2 is 2.24 bits per heavy atom. The molecule has 17 heavy (non-hydrogen) atoms. The first kappa shape index (κ1) is 12.6. The molecule has 2 rings (SSSR count). The minimum absolute atomic E-state index is 0.514. The smallest absolute Gasteiger partial charge is 0.0950 e. The normalized spacial score (nSPS) is 18.7. The minimum Gasteiger partial charge on any atom is -0.336 e. The van der Waals surface area contributed by atoms with Gasteiger partial charge in [-0.15, -0.1) is 0 Å². The summed E-state index contributed by atoms with van der Waals surface area (Å²) in [7, 11) is 0. The molecule has 1 aliphatic carbocycles. The SMILES string of the molecule is CC1(CNCc2cn(CCN)cn2)CCCC1. The van der Waals surface area contributed by atoms with E-state index in [-0.39, 0.29) is 0 Å². The maximum Gasteiger partial charge on any atom is 0.0950 e. The Morgan fingerprint density at radius 1 is 1.47 bits per heavy atom. The number of hydrogen-bond donors (Lipinski definition) is 2. The molecule has 1 aliphatic rings. The highest BCUT2D eigenvalue weighted by Crippen LogP contribution is 2.36. The quantitative estimate of drug-likeness (QED) is 0.787. The molecule has 0 aromatic carbocycles. The molecule has 0 unspecified atom stereocenters. The van der Waals surface area contributed by atoms with Gasteiger partial charge in [-0.05, 0) is 18.3 Å². The fourth-order valence-electron chi connectivity index (χ4n) is 2.67. The Kier molecular flexibility index (Phi) is 4.18. The topological polar surface area (TPSA) is 55.9 Å². The van der Waals surface area contributed by atoms with Crippen LogP contribution < -0.4 is 11.1 Å². The predicted octanol–water partition coefficient (Wildman–Crippen LogP) is 1.51. The average Bonchev–Trinajstić information content (AvgIpc) is 2.90. The van der Waals surface area contributed by atoms with Crippen LogP contribution in [0.15, 0.2) is 12.5 Å². The zero-order valence-corrected chi connectivity index (χ0v) is 10.8. The van der Waals surface area contributed by atoms with Crippen LogP contribution in [0, 0.1) is 5.41 Å². The molecule has 1 aromatic heterocycles. The van der Waals surface area contributed by atoms with Crippen molar-refractivity contribution in [1.29, 1.82) is 0 Å². The van der Waals surface area contributed by atoms with Gasteiger partial charge in [0.25, 0.3) is 0 Å². The third kappa shape index (κ3) is 3.54. The van der Waals surface area contributed by atoms with E-state index in [1.165, 1.54) is 25.7 Å². The first-order valence-corrected chi connectivity index (χ1v) is 6.63. The van der Waals surface area contributed by atoms with Gasteiger partial charge in [0, 0.05) is 32.4 Å². The summed E-state index contributed by atoms with van der Waals surface area (Å²) in [5.74, 6) is 0. The Labute approximate surface area is 104 Å². The van der Waals surface area contributed by atoms with Crippen molar-refractivity contribution in [3.63, 3.8) is 0 Å². The van der Waals surface area contributed by atoms with Gasteiger partial charge >= 0.3 is 0 Å². The monoisotopic (exact) mass is 236 g/mol. The molecule has 0 bridgehead atoms. The van der Waals surface area contributed by atoms with E-state index in [1.807, 2.05) is 10.9 Å². The molecule has 3 N–H and O–H groups in total. The molecule has 0 saturated heterocycles. The summed E-state index contributed by atoms with van der Waals surface area (Å²) in [6.07, 6.45) is 9.45. The summed E-state index contributed by atoms with van der Waals surface area (Å²) in [4.78, 5) is 4.37. The lowest BCUT2D eigenvalue weighted by Gasteiger charge is -2.23. The average molecular weight is 236 g/mol. The van der Waals surface area contributed by atoms with E-state index in [9.17, 15) is 0 Å². The maximum absolute atomic E-state index is 5.51. The lowest BCUT2D eigenvalue weighted by molar-refractivity contribution is 0.314. The fourth-order valence-corrected chi connectivity index (χ4v) is 2.67. The van der Waals surface area contributed by atoms with Crippen molar-refractivity contribution < 1.29 is 0 Å². The van der Waals surface area contributed by atoms with Crippen LogP contribution in [0.4, 0.5) is 0 Å². The number of imidazole rings is 1. The lowest BCUT2D eigenvalue weighted by Crippen LogP contribution is -2.29. The van der Waals surface area contributed by atoms with Crippen LogP contribution in [0.1, 0.15) is 38.3 Å². The number of nitrogens with two attached hydrogens (primary N) is 1. The van der Waals surface area contributed by atoms with Crippen LogP contribution in [0.2, 0.25) is 0 Å².